The second-order valence-electron chi connectivity index (χ2n) is 8.17. The molecule has 0 unspecified atom stereocenters. The normalized spacial score (nSPS) is 17.6. The molecule has 0 aliphatic carbocycles. The Kier molecular flexibility index (Phi) is 6.56. The summed E-state index contributed by atoms with van der Waals surface area (Å²) in [5, 5.41) is 12.6. The third-order valence-corrected chi connectivity index (χ3v) is 6.20. The van der Waals surface area contributed by atoms with E-state index < -0.39 is 5.97 Å². The molecular formula is C23H31N5O3. The van der Waals surface area contributed by atoms with Gasteiger partial charge in [-0.3, -0.25) is 4.79 Å². The van der Waals surface area contributed by atoms with Crippen LogP contribution in [0.4, 0.5) is 23.1 Å². The first kappa shape index (κ1) is 21.4. The van der Waals surface area contributed by atoms with Gasteiger partial charge in [0.1, 0.15) is 5.82 Å². The van der Waals surface area contributed by atoms with Gasteiger partial charge >= 0.3 is 5.97 Å². The van der Waals surface area contributed by atoms with Crippen molar-refractivity contribution >= 4 is 29.1 Å². The molecule has 2 aromatic rings. The molecule has 166 valence electrons. The summed E-state index contributed by atoms with van der Waals surface area (Å²) in [5.41, 5.74) is 4.22. The smallest absolute Gasteiger partial charge is 0.306 e. The van der Waals surface area contributed by atoms with E-state index in [2.05, 4.69) is 53.2 Å². The Labute approximate surface area is 183 Å². The maximum atomic E-state index is 11.3. The molecule has 0 spiro atoms. The van der Waals surface area contributed by atoms with Crippen molar-refractivity contribution in [3.8, 4) is 0 Å². The van der Waals surface area contributed by atoms with E-state index in [4.69, 9.17) is 14.7 Å². The number of ether oxygens (including phenoxy) is 1. The minimum Gasteiger partial charge on any atom is -0.481 e. The fourth-order valence-electron chi connectivity index (χ4n) is 4.30. The number of anilines is 4. The number of aliphatic carboxylic acids is 1. The Bertz CT molecular complexity index is 904. The zero-order valence-corrected chi connectivity index (χ0v) is 18.3. The Morgan fingerprint density at radius 1 is 1.10 bits per heavy atom. The van der Waals surface area contributed by atoms with Gasteiger partial charge in [-0.25, -0.2) is 4.98 Å². The summed E-state index contributed by atoms with van der Waals surface area (Å²) >= 11 is 0. The van der Waals surface area contributed by atoms with Gasteiger partial charge in [-0.2, -0.15) is 4.98 Å². The van der Waals surface area contributed by atoms with Gasteiger partial charge in [0.25, 0.3) is 0 Å². The van der Waals surface area contributed by atoms with Crippen molar-refractivity contribution in [3.05, 3.63) is 35.5 Å². The molecule has 2 fully saturated rings. The molecule has 4 rings (SSSR count). The van der Waals surface area contributed by atoms with Gasteiger partial charge in [-0.15, -0.1) is 0 Å². The molecule has 0 saturated carbocycles. The number of hydrogen-bond acceptors (Lipinski definition) is 7. The van der Waals surface area contributed by atoms with E-state index in [0.29, 0.717) is 31.9 Å². The predicted octanol–water partition coefficient (Wildman–Crippen LogP) is 3.23. The Balaban J connectivity index is 1.50. The number of aryl methyl sites for hydroxylation is 1. The van der Waals surface area contributed by atoms with Gasteiger partial charge in [-0.05, 0) is 50.5 Å². The fraction of sp³-hybridized carbons (Fsp3) is 0.522. The number of rotatable bonds is 6. The average molecular weight is 426 g/mol. The van der Waals surface area contributed by atoms with E-state index in [1.54, 1.807) is 0 Å². The molecule has 1 aromatic carbocycles. The first-order valence-corrected chi connectivity index (χ1v) is 11.1. The topological polar surface area (TPSA) is 90.8 Å². The predicted molar refractivity (Wildman–Crippen MR) is 121 cm³/mol. The molecule has 0 amide bonds. The molecule has 2 saturated heterocycles. The van der Waals surface area contributed by atoms with Crippen molar-refractivity contribution < 1.29 is 14.6 Å². The van der Waals surface area contributed by atoms with Gasteiger partial charge in [0.2, 0.25) is 5.95 Å². The molecule has 0 radical (unpaired) electrons. The van der Waals surface area contributed by atoms with Crippen LogP contribution in [0.1, 0.15) is 31.0 Å². The van der Waals surface area contributed by atoms with E-state index in [9.17, 15) is 9.90 Å². The van der Waals surface area contributed by atoms with Gasteiger partial charge < -0.3 is 25.0 Å². The summed E-state index contributed by atoms with van der Waals surface area (Å²) in [7, 11) is 0. The number of benzene rings is 1. The molecule has 0 bridgehead atoms. The Hall–Kier alpha value is -2.87. The summed E-state index contributed by atoms with van der Waals surface area (Å²) in [6.45, 7) is 8.91. The van der Waals surface area contributed by atoms with E-state index in [0.717, 1.165) is 55.5 Å². The van der Waals surface area contributed by atoms with Crippen LogP contribution < -0.4 is 15.1 Å². The number of carbonyl (C=O) groups is 1. The van der Waals surface area contributed by atoms with Crippen molar-refractivity contribution in [2.45, 2.75) is 33.1 Å². The summed E-state index contributed by atoms with van der Waals surface area (Å²) in [5.74, 6) is 0.530. The number of carboxylic acid groups (broad SMARTS) is 1. The van der Waals surface area contributed by atoms with Crippen LogP contribution in [0.15, 0.2) is 24.3 Å². The fourth-order valence-corrected chi connectivity index (χ4v) is 4.30. The maximum Gasteiger partial charge on any atom is 0.306 e. The molecule has 1 aromatic heterocycles. The molecule has 0 atom stereocenters. The zero-order chi connectivity index (χ0) is 21.8. The highest BCUT2D eigenvalue weighted by Crippen LogP contribution is 2.28. The third-order valence-electron chi connectivity index (χ3n) is 6.20. The zero-order valence-electron chi connectivity index (χ0n) is 18.3. The second kappa shape index (κ2) is 9.51. The lowest BCUT2D eigenvalue weighted by atomic mass is 9.97. The van der Waals surface area contributed by atoms with Crippen LogP contribution in [-0.4, -0.2) is 60.4 Å². The van der Waals surface area contributed by atoms with Crippen molar-refractivity contribution in [1.82, 2.24) is 9.97 Å². The monoisotopic (exact) mass is 425 g/mol. The largest absolute Gasteiger partial charge is 0.481 e. The first-order valence-electron chi connectivity index (χ1n) is 11.1. The van der Waals surface area contributed by atoms with Crippen LogP contribution in [-0.2, 0) is 16.0 Å². The Morgan fingerprint density at radius 2 is 1.77 bits per heavy atom. The number of morpholine rings is 1. The number of nitrogens with one attached hydrogen (secondary N) is 1. The first-order chi connectivity index (χ1) is 15.0. The van der Waals surface area contributed by atoms with E-state index in [-0.39, 0.29) is 5.92 Å². The molecule has 3 heterocycles. The molecule has 2 N–H and O–H groups in total. The van der Waals surface area contributed by atoms with Crippen LogP contribution in [0.25, 0.3) is 0 Å². The van der Waals surface area contributed by atoms with Crippen LogP contribution in [0, 0.1) is 12.8 Å². The Morgan fingerprint density at radius 3 is 2.39 bits per heavy atom. The minimum absolute atomic E-state index is 0.258. The highest BCUT2D eigenvalue weighted by atomic mass is 16.5. The van der Waals surface area contributed by atoms with E-state index in [1.807, 2.05) is 0 Å². The van der Waals surface area contributed by atoms with Crippen LogP contribution in [0.5, 0.6) is 0 Å². The van der Waals surface area contributed by atoms with Crippen LogP contribution in [0.3, 0.4) is 0 Å². The number of carboxylic acids is 1. The summed E-state index contributed by atoms with van der Waals surface area (Å²) in [4.78, 5) is 25.3. The highest BCUT2D eigenvalue weighted by molar-refractivity contribution is 5.70. The van der Waals surface area contributed by atoms with Crippen molar-refractivity contribution in [2.24, 2.45) is 5.92 Å². The lowest BCUT2D eigenvalue weighted by Gasteiger charge is -2.32. The minimum atomic E-state index is -0.698. The summed E-state index contributed by atoms with van der Waals surface area (Å²) < 4.78 is 5.43. The average Bonchev–Trinajstić information content (AvgIpc) is 2.81. The van der Waals surface area contributed by atoms with Gasteiger partial charge in [0.05, 0.1) is 24.8 Å². The summed E-state index contributed by atoms with van der Waals surface area (Å²) in [6, 6.07) is 8.33. The molecule has 2 aliphatic heterocycles. The van der Waals surface area contributed by atoms with Crippen LogP contribution in [0.2, 0.25) is 0 Å². The van der Waals surface area contributed by atoms with Crippen molar-refractivity contribution in [3.63, 3.8) is 0 Å². The van der Waals surface area contributed by atoms with Crippen LogP contribution >= 0.6 is 0 Å². The van der Waals surface area contributed by atoms with Gasteiger partial charge in [-0.1, -0.05) is 6.92 Å². The lowest BCUT2D eigenvalue weighted by Crippen LogP contribution is -2.37. The second-order valence-corrected chi connectivity index (χ2v) is 8.17. The number of aromatic nitrogens is 2. The molecule has 2 aliphatic rings. The van der Waals surface area contributed by atoms with Gasteiger partial charge in [0.15, 0.2) is 0 Å². The number of hydrogen-bond donors (Lipinski definition) is 2. The van der Waals surface area contributed by atoms with Crippen molar-refractivity contribution in [1.29, 1.82) is 0 Å². The third kappa shape index (κ3) is 4.90. The molecule has 8 heteroatoms. The highest BCUT2D eigenvalue weighted by Gasteiger charge is 2.26. The molecule has 8 nitrogen and oxygen atoms in total. The quantitative estimate of drug-likeness (QED) is 0.729. The number of nitrogens with zero attached hydrogens (tertiary/aromatic N) is 4. The van der Waals surface area contributed by atoms with E-state index >= 15 is 0 Å². The maximum absolute atomic E-state index is 11.3. The number of piperidine rings is 1. The molecular weight excluding hydrogens is 394 g/mol. The van der Waals surface area contributed by atoms with E-state index in [1.165, 1.54) is 5.69 Å². The summed E-state index contributed by atoms with van der Waals surface area (Å²) in [6.07, 6.45) is 2.11. The SMILES string of the molecule is CCc1nc(Nc2ccc(N3CCOCC3)cc2)nc(N2CCC(C(=O)O)CC2)c1C. The molecule has 31 heavy (non-hydrogen) atoms. The van der Waals surface area contributed by atoms with Gasteiger partial charge in [0, 0.05) is 43.1 Å². The lowest BCUT2D eigenvalue weighted by molar-refractivity contribution is -0.142. The standard InChI is InChI=1S/C23H31N5O3/c1-3-20-16(2)21(28-10-8-17(9-11-28)22(29)30)26-23(25-20)24-18-4-6-19(7-5-18)27-12-14-31-15-13-27/h4-7,17H,3,8-15H2,1-2H3,(H,29,30)(H,24,25,26). The van der Waals surface area contributed by atoms with Crippen molar-refractivity contribution in [2.75, 3.05) is 54.5 Å².